The first-order valence-corrected chi connectivity index (χ1v) is 7.86. The number of likely N-dealkylation sites (tertiary alicyclic amines) is 1. The van der Waals surface area contributed by atoms with Crippen molar-refractivity contribution in [1.29, 1.82) is 0 Å². The van der Waals surface area contributed by atoms with Gasteiger partial charge < -0.3 is 10.2 Å². The number of rotatable bonds is 4. The number of anilines is 2. The number of carbonyl (C=O) groups excluding carboxylic acids is 1. The fourth-order valence-corrected chi connectivity index (χ4v) is 2.82. The largest absolute Gasteiger partial charge is 0.332 e. The van der Waals surface area contributed by atoms with Crippen LogP contribution in [0, 0.1) is 6.92 Å². The Morgan fingerprint density at radius 2 is 2.13 bits per heavy atom. The summed E-state index contributed by atoms with van der Waals surface area (Å²) in [6.07, 6.45) is 5.73. The average Bonchev–Trinajstić information content (AvgIpc) is 3.04. The second kappa shape index (κ2) is 6.68. The lowest BCUT2D eigenvalue weighted by atomic mass is 10.2. The third kappa shape index (κ3) is 3.44. The van der Waals surface area contributed by atoms with Gasteiger partial charge >= 0.3 is 0 Å². The number of nitrogens with one attached hydrogen (secondary N) is 1. The van der Waals surface area contributed by atoms with Gasteiger partial charge in [-0.1, -0.05) is 6.92 Å². The Labute approximate surface area is 135 Å². The molecule has 7 heteroatoms. The fraction of sp³-hybridized carbons (Fsp3) is 0.438. The van der Waals surface area contributed by atoms with Gasteiger partial charge in [-0.3, -0.25) is 4.79 Å². The average molecular weight is 312 g/mol. The van der Waals surface area contributed by atoms with Crippen LogP contribution in [-0.2, 0) is 4.79 Å². The number of hydrogen-bond acceptors (Lipinski definition) is 6. The van der Waals surface area contributed by atoms with E-state index in [1.165, 1.54) is 0 Å². The number of amides is 1. The second-order valence-electron chi connectivity index (χ2n) is 5.55. The molecular formula is C16H20N6O. The van der Waals surface area contributed by atoms with Gasteiger partial charge in [0.25, 0.3) is 0 Å². The lowest BCUT2D eigenvalue weighted by molar-refractivity contribution is -0.131. The molecule has 2 aromatic rings. The Morgan fingerprint density at radius 3 is 2.87 bits per heavy atom. The second-order valence-corrected chi connectivity index (χ2v) is 5.55. The van der Waals surface area contributed by atoms with Crippen LogP contribution in [0.2, 0.25) is 0 Å². The van der Waals surface area contributed by atoms with Gasteiger partial charge in [0.2, 0.25) is 11.9 Å². The van der Waals surface area contributed by atoms with Gasteiger partial charge in [-0.2, -0.15) is 0 Å². The molecule has 1 saturated heterocycles. The molecule has 0 saturated carbocycles. The Kier molecular flexibility index (Phi) is 4.45. The van der Waals surface area contributed by atoms with Crippen LogP contribution in [0.3, 0.4) is 0 Å². The summed E-state index contributed by atoms with van der Waals surface area (Å²) in [5, 5.41) is 3.09. The van der Waals surface area contributed by atoms with Crippen molar-refractivity contribution in [2.45, 2.75) is 39.2 Å². The summed E-state index contributed by atoms with van der Waals surface area (Å²) in [7, 11) is 0. The van der Waals surface area contributed by atoms with E-state index in [4.69, 9.17) is 0 Å². The van der Waals surface area contributed by atoms with Crippen LogP contribution >= 0.6 is 0 Å². The quantitative estimate of drug-likeness (QED) is 0.933. The predicted octanol–water partition coefficient (Wildman–Crippen LogP) is 2.39. The molecule has 0 bridgehead atoms. The molecule has 120 valence electrons. The van der Waals surface area contributed by atoms with Crippen molar-refractivity contribution in [1.82, 2.24) is 24.8 Å². The molecule has 0 radical (unpaired) electrons. The van der Waals surface area contributed by atoms with E-state index in [9.17, 15) is 4.79 Å². The van der Waals surface area contributed by atoms with Crippen molar-refractivity contribution in [2.24, 2.45) is 0 Å². The maximum Gasteiger partial charge on any atom is 0.228 e. The zero-order chi connectivity index (χ0) is 16.2. The smallest absolute Gasteiger partial charge is 0.228 e. The van der Waals surface area contributed by atoms with E-state index < -0.39 is 0 Å². The molecule has 1 amide bonds. The molecule has 23 heavy (non-hydrogen) atoms. The molecule has 0 aromatic carbocycles. The van der Waals surface area contributed by atoms with Crippen molar-refractivity contribution in [3.63, 3.8) is 0 Å². The zero-order valence-electron chi connectivity index (χ0n) is 13.4. The first-order chi connectivity index (χ1) is 11.2. The molecule has 2 aromatic heterocycles. The van der Waals surface area contributed by atoms with Crippen LogP contribution in [0.1, 0.15) is 43.7 Å². The fourth-order valence-electron chi connectivity index (χ4n) is 2.82. The van der Waals surface area contributed by atoms with Crippen molar-refractivity contribution < 1.29 is 4.79 Å². The predicted molar refractivity (Wildman–Crippen MR) is 86.1 cm³/mol. The van der Waals surface area contributed by atoms with Crippen molar-refractivity contribution in [2.75, 3.05) is 11.9 Å². The van der Waals surface area contributed by atoms with Crippen LogP contribution in [0.25, 0.3) is 0 Å². The molecule has 3 heterocycles. The van der Waals surface area contributed by atoms with Crippen LogP contribution in [0.5, 0.6) is 0 Å². The minimum atomic E-state index is -0.0420. The van der Waals surface area contributed by atoms with E-state index in [2.05, 4.69) is 25.3 Å². The number of aryl methyl sites for hydroxylation is 1. The van der Waals surface area contributed by atoms with Crippen LogP contribution in [-0.4, -0.2) is 37.3 Å². The van der Waals surface area contributed by atoms with Gasteiger partial charge in [0.1, 0.15) is 5.82 Å². The lowest BCUT2D eigenvalue weighted by Gasteiger charge is -2.23. The summed E-state index contributed by atoms with van der Waals surface area (Å²) in [6.45, 7) is 4.58. The van der Waals surface area contributed by atoms with E-state index in [-0.39, 0.29) is 11.9 Å². The third-order valence-electron chi connectivity index (χ3n) is 3.85. The summed E-state index contributed by atoms with van der Waals surface area (Å²) in [6, 6.07) is 3.56. The van der Waals surface area contributed by atoms with Gasteiger partial charge in [0, 0.05) is 37.1 Å². The molecule has 0 unspecified atom stereocenters. The molecule has 1 atom stereocenters. The zero-order valence-corrected chi connectivity index (χ0v) is 13.4. The van der Waals surface area contributed by atoms with Gasteiger partial charge in [-0.25, -0.2) is 19.9 Å². The minimum Gasteiger partial charge on any atom is -0.332 e. The van der Waals surface area contributed by atoms with Crippen molar-refractivity contribution in [3.8, 4) is 0 Å². The monoisotopic (exact) mass is 312 g/mol. The lowest BCUT2D eigenvalue weighted by Crippen LogP contribution is -2.31. The van der Waals surface area contributed by atoms with Gasteiger partial charge in [-0.15, -0.1) is 0 Å². The highest BCUT2D eigenvalue weighted by Gasteiger charge is 2.31. The molecule has 0 aliphatic carbocycles. The normalized spacial score (nSPS) is 17.3. The number of nitrogens with zero attached hydrogens (tertiary/aromatic N) is 5. The van der Waals surface area contributed by atoms with E-state index in [0.29, 0.717) is 24.0 Å². The van der Waals surface area contributed by atoms with E-state index >= 15 is 0 Å². The first kappa shape index (κ1) is 15.3. The maximum atomic E-state index is 12.1. The van der Waals surface area contributed by atoms with Crippen LogP contribution < -0.4 is 5.32 Å². The van der Waals surface area contributed by atoms with Crippen LogP contribution in [0.15, 0.2) is 24.5 Å². The summed E-state index contributed by atoms with van der Waals surface area (Å²) >= 11 is 0. The first-order valence-electron chi connectivity index (χ1n) is 7.86. The standard InChI is InChI=1S/C16H20N6O/c1-3-14(23)22-9-4-6-12(22)15-19-11(2)10-13(20-15)21-16-17-7-5-8-18-16/h5,7-8,10,12H,3-4,6,9H2,1-2H3,(H,17,18,19,20,21)/t12-/m1/s1. The Bertz CT molecular complexity index is 690. The molecule has 7 nitrogen and oxygen atoms in total. The molecule has 1 N–H and O–H groups in total. The van der Waals surface area contributed by atoms with E-state index in [1.54, 1.807) is 18.5 Å². The number of carbonyl (C=O) groups is 1. The highest BCUT2D eigenvalue weighted by atomic mass is 16.2. The van der Waals surface area contributed by atoms with Gasteiger partial charge in [0.15, 0.2) is 5.82 Å². The van der Waals surface area contributed by atoms with E-state index in [1.807, 2.05) is 24.8 Å². The number of aromatic nitrogens is 4. The SMILES string of the molecule is CCC(=O)N1CCC[C@@H]1c1nc(C)cc(Nc2ncccn2)n1. The molecule has 1 fully saturated rings. The molecule has 1 aliphatic heterocycles. The van der Waals surface area contributed by atoms with Crippen molar-refractivity contribution >= 4 is 17.7 Å². The topological polar surface area (TPSA) is 83.9 Å². The third-order valence-corrected chi connectivity index (χ3v) is 3.85. The molecular weight excluding hydrogens is 292 g/mol. The van der Waals surface area contributed by atoms with Crippen molar-refractivity contribution in [3.05, 3.63) is 36.0 Å². The highest BCUT2D eigenvalue weighted by molar-refractivity contribution is 5.76. The Hall–Kier alpha value is -2.57. The van der Waals surface area contributed by atoms with Gasteiger partial charge in [-0.05, 0) is 25.8 Å². The molecule has 1 aliphatic rings. The minimum absolute atomic E-state index is 0.0420. The Balaban J connectivity index is 1.87. The van der Waals surface area contributed by atoms with Gasteiger partial charge in [0.05, 0.1) is 6.04 Å². The Morgan fingerprint density at radius 1 is 1.35 bits per heavy atom. The summed E-state index contributed by atoms with van der Waals surface area (Å²) < 4.78 is 0. The van der Waals surface area contributed by atoms with E-state index in [0.717, 1.165) is 25.1 Å². The highest BCUT2D eigenvalue weighted by Crippen LogP contribution is 2.31. The summed E-state index contributed by atoms with van der Waals surface area (Å²) in [4.78, 5) is 31.4. The summed E-state index contributed by atoms with van der Waals surface area (Å²) in [5.74, 6) is 1.97. The van der Waals surface area contributed by atoms with Crippen LogP contribution in [0.4, 0.5) is 11.8 Å². The maximum absolute atomic E-state index is 12.1. The summed E-state index contributed by atoms with van der Waals surface area (Å²) in [5.41, 5.74) is 0.851. The number of hydrogen-bond donors (Lipinski definition) is 1. The molecule has 0 spiro atoms. The molecule has 3 rings (SSSR count).